The van der Waals surface area contributed by atoms with Crippen LogP contribution in [-0.4, -0.2) is 38.3 Å². The number of hydrogen-bond donors (Lipinski definition) is 2. The van der Waals surface area contributed by atoms with E-state index in [1.807, 2.05) is 91.0 Å². The van der Waals surface area contributed by atoms with Gasteiger partial charge in [-0.25, -0.2) is 28.1 Å². The lowest BCUT2D eigenvalue weighted by Gasteiger charge is -2.13. The summed E-state index contributed by atoms with van der Waals surface area (Å²) >= 11 is 5.49. The largest absolute Gasteiger partial charge is 0.459 e. The molecule has 8 rings (SSSR count). The Hall–Kier alpha value is -8.34. The lowest BCUT2D eigenvalue weighted by molar-refractivity contribution is -0.138. The number of azo groups is 1. The van der Waals surface area contributed by atoms with Crippen LogP contribution in [0.25, 0.3) is 0 Å². The van der Waals surface area contributed by atoms with Crippen LogP contribution in [0.3, 0.4) is 0 Å². The number of benzene rings is 5. The number of hydrogen-bond acceptors (Lipinski definition) is 13. The van der Waals surface area contributed by atoms with E-state index in [0.29, 0.717) is 6.61 Å². The van der Waals surface area contributed by atoms with E-state index < -0.39 is 46.7 Å². The average Bonchev–Trinajstić information content (AvgIpc) is 3.36. The quantitative estimate of drug-likeness (QED) is 0.0352. The Morgan fingerprint density at radius 1 is 0.479 bits per heavy atom. The third kappa shape index (κ3) is 17.6. The van der Waals surface area contributed by atoms with Crippen LogP contribution in [0.4, 0.5) is 62.5 Å². The smallest absolute Gasteiger partial charge is 0.416 e. The highest BCUT2D eigenvalue weighted by Crippen LogP contribution is 2.33. The third-order valence-corrected chi connectivity index (χ3v) is 8.95. The summed E-state index contributed by atoms with van der Waals surface area (Å²) in [7, 11) is 0. The minimum atomic E-state index is -4.51. The summed E-state index contributed by atoms with van der Waals surface area (Å²) in [6, 6.07) is 36.5. The molecule has 0 atom stereocenters. The zero-order chi connectivity index (χ0) is 49.9. The van der Waals surface area contributed by atoms with Crippen LogP contribution in [0.5, 0.6) is 18.0 Å². The SMILES string of the molecule is Fc1cnc(OCc2ccccc2)nc1Cl.Fc1cnc(OCc2ccccc2)nc1N=Nc1cccc(C(F)(F)F)c1.Fc1cnc(OCc2ccccc2)nc1NNc1cccc(C(F)(F)F)c1.[B]. The standard InChI is InChI=1S/C18H14F4N4O.C18H12F4N4O.C11H8ClFN2O.B/c2*19-15-10-23-17(27-11-12-5-2-1-3-6-12)24-16(15)26-25-14-8-4-7-13(9-14)18(20,21)22;12-10-9(13)6-14-11(15-10)16-7-8-4-2-1-3-5-8;/h1-10,25H,11H2,(H,23,24,26);1-10H,11H2;1-6H,7H2;. The maximum absolute atomic E-state index is 13.8. The van der Waals surface area contributed by atoms with E-state index in [1.54, 1.807) is 0 Å². The molecule has 71 heavy (non-hydrogen) atoms. The lowest BCUT2D eigenvalue weighted by atomic mass is 10.2. The van der Waals surface area contributed by atoms with Gasteiger partial charge in [0.05, 0.1) is 41.1 Å². The van der Waals surface area contributed by atoms with Crippen molar-refractivity contribution in [1.82, 2.24) is 29.9 Å². The molecule has 2 N–H and O–H groups in total. The number of nitrogens with one attached hydrogen (secondary N) is 2. The Bertz CT molecular complexity index is 2950. The van der Waals surface area contributed by atoms with Crippen molar-refractivity contribution < 1.29 is 53.7 Å². The number of hydrazine groups is 1. The fourth-order valence-electron chi connectivity index (χ4n) is 5.31. The van der Waals surface area contributed by atoms with Crippen LogP contribution in [0, 0.1) is 17.5 Å². The van der Waals surface area contributed by atoms with Gasteiger partial charge in [0.2, 0.25) is 5.82 Å². The topological polar surface area (TPSA) is 154 Å². The number of aromatic nitrogens is 6. The fraction of sp³-hybridized carbons (Fsp3) is 0.106. The van der Waals surface area contributed by atoms with Gasteiger partial charge in [0.25, 0.3) is 0 Å². The first kappa shape index (κ1) is 53.6. The minimum Gasteiger partial charge on any atom is -0.459 e. The molecule has 8 aromatic rings. The Morgan fingerprint density at radius 3 is 1.44 bits per heavy atom. The van der Waals surface area contributed by atoms with E-state index in [0.717, 1.165) is 59.5 Å². The molecular formula is C47H34BClF9N10O3. The van der Waals surface area contributed by atoms with E-state index in [-0.39, 0.29) is 62.0 Å². The molecular weight excluding hydrogens is 970 g/mol. The van der Waals surface area contributed by atoms with Crippen molar-refractivity contribution >= 4 is 43.0 Å². The highest BCUT2D eigenvalue weighted by atomic mass is 35.5. The molecule has 0 aliphatic carbocycles. The maximum atomic E-state index is 13.8. The average molecular weight is 1000 g/mol. The van der Waals surface area contributed by atoms with Crippen LogP contribution in [-0.2, 0) is 32.2 Å². The summed E-state index contributed by atoms with van der Waals surface area (Å²) in [6.07, 6.45) is -6.24. The van der Waals surface area contributed by atoms with E-state index in [9.17, 15) is 39.5 Å². The maximum Gasteiger partial charge on any atom is 0.416 e. The number of anilines is 2. The van der Waals surface area contributed by atoms with Crippen LogP contribution in [0.2, 0.25) is 5.15 Å². The molecule has 24 heteroatoms. The second-order valence-corrected chi connectivity index (χ2v) is 14.2. The molecule has 0 amide bonds. The highest BCUT2D eigenvalue weighted by Gasteiger charge is 2.31. The van der Waals surface area contributed by atoms with Gasteiger partial charge >= 0.3 is 30.4 Å². The minimum absolute atomic E-state index is 0. The van der Waals surface area contributed by atoms with Crippen molar-refractivity contribution in [3.63, 3.8) is 0 Å². The molecule has 3 heterocycles. The molecule has 3 aromatic heterocycles. The molecule has 0 bridgehead atoms. The highest BCUT2D eigenvalue weighted by molar-refractivity contribution is 6.29. The summed E-state index contributed by atoms with van der Waals surface area (Å²) < 4.78 is 133. The van der Waals surface area contributed by atoms with Crippen LogP contribution < -0.4 is 25.1 Å². The van der Waals surface area contributed by atoms with Gasteiger partial charge in [0.1, 0.15) is 19.8 Å². The van der Waals surface area contributed by atoms with Crippen LogP contribution in [0.15, 0.2) is 168 Å². The molecule has 0 aliphatic rings. The first-order valence-electron chi connectivity index (χ1n) is 20.1. The number of halogens is 10. The summed E-state index contributed by atoms with van der Waals surface area (Å²) in [5.41, 5.74) is 5.91. The monoisotopic (exact) mass is 1000 g/mol. The first-order chi connectivity index (χ1) is 33.6. The Balaban J connectivity index is 0.000000203. The van der Waals surface area contributed by atoms with Gasteiger partial charge < -0.3 is 14.2 Å². The number of alkyl halides is 6. The second kappa shape index (κ2) is 25.9. The van der Waals surface area contributed by atoms with Gasteiger partial charge in [-0.2, -0.15) is 41.3 Å². The van der Waals surface area contributed by atoms with Crippen LogP contribution >= 0.6 is 11.6 Å². The van der Waals surface area contributed by atoms with Crippen molar-refractivity contribution in [2.75, 3.05) is 10.9 Å². The normalized spacial score (nSPS) is 11.0. The lowest BCUT2D eigenvalue weighted by Crippen LogP contribution is -2.14. The number of ether oxygens (including phenoxy) is 3. The summed E-state index contributed by atoms with van der Waals surface area (Å²) in [6.45, 7) is 0.673. The molecule has 0 unspecified atom stereocenters. The number of nitrogens with zero attached hydrogens (tertiary/aromatic N) is 8. The molecule has 13 nitrogen and oxygen atoms in total. The van der Waals surface area contributed by atoms with Crippen LogP contribution in [0.1, 0.15) is 27.8 Å². The van der Waals surface area contributed by atoms with E-state index in [2.05, 4.69) is 51.0 Å². The predicted molar refractivity (Wildman–Crippen MR) is 243 cm³/mol. The van der Waals surface area contributed by atoms with Gasteiger partial charge in [-0.1, -0.05) is 115 Å². The summed E-state index contributed by atoms with van der Waals surface area (Å²) in [5, 5.41) is 6.94. The van der Waals surface area contributed by atoms with Gasteiger partial charge in [0, 0.05) is 8.41 Å². The summed E-state index contributed by atoms with van der Waals surface area (Å²) in [4.78, 5) is 22.4. The van der Waals surface area contributed by atoms with Gasteiger partial charge in [-0.05, 0) is 53.1 Å². The molecule has 0 fully saturated rings. The van der Waals surface area contributed by atoms with Crippen molar-refractivity contribution in [1.29, 1.82) is 0 Å². The van der Waals surface area contributed by atoms with Gasteiger partial charge in [-0.3, -0.25) is 10.9 Å². The molecule has 0 aliphatic heterocycles. The van der Waals surface area contributed by atoms with E-state index in [1.165, 1.54) is 24.3 Å². The molecule has 0 spiro atoms. The molecule has 5 aromatic carbocycles. The zero-order valence-electron chi connectivity index (χ0n) is 36.3. The van der Waals surface area contributed by atoms with Crippen molar-refractivity contribution in [3.8, 4) is 18.0 Å². The Morgan fingerprint density at radius 2 is 0.930 bits per heavy atom. The number of rotatable bonds is 14. The van der Waals surface area contributed by atoms with E-state index >= 15 is 0 Å². The third-order valence-electron chi connectivity index (χ3n) is 8.69. The molecule has 363 valence electrons. The van der Waals surface area contributed by atoms with E-state index in [4.69, 9.17) is 25.8 Å². The zero-order valence-corrected chi connectivity index (χ0v) is 37.0. The molecule has 0 saturated heterocycles. The van der Waals surface area contributed by atoms with Gasteiger partial charge in [-0.15, -0.1) is 10.2 Å². The van der Waals surface area contributed by atoms with Crippen molar-refractivity contribution in [2.24, 2.45) is 10.2 Å². The molecule has 0 saturated carbocycles. The van der Waals surface area contributed by atoms with Crippen molar-refractivity contribution in [2.45, 2.75) is 32.2 Å². The Kier molecular flexibility index (Phi) is 19.5. The molecule has 3 radical (unpaired) electrons. The predicted octanol–water partition coefficient (Wildman–Crippen LogP) is 12.7. The second-order valence-electron chi connectivity index (χ2n) is 13.9. The van der Waals surface area contributed by atoms with Crippen molar-refractivity contribution in [3.05, 3.63) is 209 Å². The first-order valence-corrected chi connectivity index (χ1v) is 20.5. The van der Waals surface area contributed by atoms with Gasteiger partial charge in [0.15, 0.2) is 28.4 Å². The Labute approximate surface area is 405 Å². The summed E-state index contributed by atoms with van der Waals surface area (Å²) in [5.74, 6) is -3.02. The fourth-order valence-corrected chi connectivity index (χ4v) is 5.43.